The van der Waals surface area contributed by atoms with Gasteiger partial charge in [-0.3, -0.25) is 0 Å². The van der Waals surface area contributed by atoms with Crippen LogP contribution in [0, 0.1) is 5.92 Å². The first kappa shape index (κ1) is 13.7. The van der Waals surface area contributed by atoms with E-state index < -0.39 is 17.7 Å². The third-order valence-corrected chi connectivity index (χ3v) is 2.74. The van der Waals surface area contributed by atoms with E-state index in [2.05, 4.69) is 0 Å². The maximum atomic E-state index is 13.7. The molecule has 0 unspecified atom stereocenters. The van der Waals surface area contributed by atoms with Crippen LogP contribution in [0.2, 0.25) is 0 Å². The molecule has 1 aliphatic heterocycles. The summed E-state index contributed by atoms with van der Waals surface area (Å²) in [5.74, 6) is -1.21. The molecule has 0 radical (unpaired) electrons. The summed E-state index contributed by atoms with van der Waals surface area (Å²) >= 11 is 0. The third-order valence-electron chi connectivity index (χ3n) is 2.74. The van der Waals surface area contributed by atoms with Crippen molar-refractivity contribution in [2.75, 3.05) is 19.7 Å². The van der Waals surface area contributed by atoms with E-state index in [1.54, 1.807) is 0 Å². The fourth-order valence-electron chi connectivity index (χ4n) is 1.59. The minimum atomic E-state index is -2.20. The number of carbonyl (C=O) groups excluding carboxylic acids is 1. The quantitative estimate of drug-likeness (QED) is 0.823. The normalized spacial score (nSPS) is 19.2. The number of alkyl halides is 1. The van der Waals surface area contributed by atoms with E-state index in [4.69, 9.17) is 9.84 Å². The van der Waals surface area contributed by atoms with Crippen molar-refractivity contribution < 1.29 is 23.8 Å². The van der Waals surface area contributed by atoms with Crippen molar-refractivity contribution >= 4 is 12.1 Å². The third kappa shape index (κ3) is 3.57. The maximum Gasteiger partial charge on any atom is 0.409 e. The van der Waals surface area contributed by atoms with Crippen LogP contribution in [0.15, 0.2) is 0 Å². The maximum absolute atomic E-state index is 13.7. The van der Waals surface area contributed by atoms with E-state index in [9.17, 15) is 14.0 Å². The average molecular weight is 247 g/mol. The summed E-state index contributed by atoms with van der Waals surface area (Å²) in [4.78, 5) is 23.5. The summed E-state index contributed by atoms with van der Waals surface area (Å²) < 4.78 is 18.7. The molecule has 1 aliphatic rings. The molecule has 0 aromatic heterocycles. The molecular formula is C11H18FNO4. The van der Waals surface area contributed by atoms with Gasteiger partial charge in [0.2, 0.25) is 5.67 Å². The fraction of sp³-hybridized carbons (Fsp3) is 0.818. The average Bonchev–Trinajstić information content (AvgIpc) is 2.26. The number of rotatable bonds is 3. The summed E-state index contributed by atoms with van der Waals surface area (Å²) in [7, 11) is 0. The van der Waals surface area contributed by atoms with Crippen LogP contribution in [0.25, 0.3) is 0 Å². The first-order valence-corrected chi connectivity index (χ1v) is 5.69. The second-order valence-corrected chi connectivity index (χ2v) is 4.73. The summed E-state index contributed by atoms with van der Waals surface area (Å²) in [6, 6.07) is 0. The van der Waals surface area contributed by atoms with Crippen molar-refractivity contribution in [1.82, 2.24) is 4.90 Å². The number of piperidine rings is 1. The molecule has 17 heavy (non-hydrogen) atoms. The van der Waals surface area contributed by atoms with E-state index in [0.717, 1.165) is 0 Å². The second kappa shape index (κ2) is 5.33. The van der Waals surface area contributed by atoms with Crippen molar-refractivity contribution in [1.29, 1.82) is 0 Å². The highest BCUT2D eigenvalue weighted by Gasteiger charge is 2.43. The lowest BCUT2D eigenvalue weighted by atomic mass is 9.94. The number of hydrogen-bond acceptors (Lipinski definition) is 3. The van der Waals surface area contributed by atoms with Gasteiger partial charge in [-0.15, -0.1) is 0 Å². The van der Waals surface area contributed by atoms with Gasteiger partial charge in [0.15, 0.2) is 0 Å². The Morgan fingerprint density at radius 2 is 1.94 bits per heavy atom. The highest BCUT2D eigenvalue weighted by molar-refractivity contribution is 5.78. The van der Waals surface area contributed by atoms with Gasteiger partial charge in [-0.2, -0.15) is 0 Å². The molecule has 1 saturated heterocycles. The van der Waals surface area contributed by atoms with Gasteiger partial charge < -0.3 is 14.7 Å². The number of hydrogen-bond donors (Lipinski definition) is 1. The smallest absolute Gasteiger partial charge is 0.409 e. The first-order valence-electron chi connectivity index (χ1n) is 5.69. The lowest BCUT2D eigenvalue weighted by molar-refractivity contribution is -0.154. The Balaban J connectivity index is 2.41. The van der Waals surface area contributed by atoms with Crippen LogP contribution in [-0.2, 0) is 9.53 Å². The van der Waals surface area contributed by atoms with Gasteiger partial charge in [-0.1, -0.05) is 13.8 Å². The Labute approximate surface area is 99.5 Å². The van der Waals surface area contributed by atoms with E-state index in [1.165, 1.54) is 4.90 Å². The molecule has 0 spiro atoms. The number of ether oxygens (including phenoxy) is 1. The van der Waals surface area contributed by atoms with Crippen LogP contribution in [0.4, 0.5) is 9.18 Å². The van der Waals surface area contributed by atoms with Gasteiger partial charge >= 0.3 is 12.1 Å². The molecule has 0 bridgehead atoms. The van der Waals surface area contributed by atoms with Crippen LogP contribution in [-0.4, -0.2) is 47.4 Å². The summed E-state index contributed by atoms with van der Waals surface area (Å²) in [5.41, 5.74) is -2.20. The lowest BCUT2D eigenvalue weighted by Crippen LogP contribution is -2.48. The molecule has 1 heterocycles. The number of carbonyl (C=O) groups is 2. The van der Waals surface area contributed by atoms with Gasteiger partial charge in [0.1, 0.15) is 0 Å². The number of carboxylic acids is 1. The molecule has 0 aliphatic carbocycles. The Morgan fingerprint density at radius 3 is 2.35 bits per heavy atom. The van der Waals surface area contributed by atoms with Crippen molar-refractivity contribution in [2.45, 2.75) is 32.4 Å². The van der Waals surface area contributed by atoms with Crippen molar-refractivity contribution in [3.63, 3.8) is 0 Å². The second-order valence-electron chi connectivity index (χ2n) is 4.73. The minimum Gasteiger partial charge on any atom is -0.479 e. The first-order chi connectivity index (χ1) is 7.85. The Kier molecular flexibility index (Phi) is 4.31. The summed E-state index contributed by atoms with van der Waals surface area (Å²) in [5, 5.41) is 8.69. The zero-order chi connectivity index (χ0) is 13.1. The number of aliphatic carboxylic acids is 1. The number of halogens is 1. The molecule has 0 aromatic carbocycles. The zero-order valence-corrected chi connectivity index (χ0v) is 10.1. The number of nitrogens with zero attached hydrogens (tertiary/aromatic N) is 1. The van der Waals surface area contributed by atoms with Gasteiger partial charge in [-0.05, 0) is 5.92 Å². The topological polar surface area (TPSA) is 66.8 Å². The Morgan fingerprint density at radius 1 is 1.41 bits per heavy atom. The van der Waals surface area contributed by atoms with Crippen LogP contribution in [0.1, 0.15) is 26.7 Å². The Hall–Kier alpha value is -1.33. The molecule has 98 valence electrons. The molecule has 1 amide bonds. The van der Waals surface area contributed by atoms with Crippen molar-refractivity contribution in [3.8, 4) is 0 Å². The SMILES string of the molecule is CC(C)COC(=O)N1CCC(F)(C(=O)O)CC1. The standard InChI is InChI=1S/C11H18FNO4/c1-8(2)7-17-10(16)13-5-3-11(12,4-6-13)9(14)15/h8H,3-7H2,1-2H3,(H,14,15). The van der Waals surface area contributed by atoms with Crippen LogP contribution in [0.3, 0.4) is 0 Å². The number of carboxylic acid groups (broad SMARTS) is 1. The fourth-order valence-corrected chi connectivity index (χ4v) is 1.59. The largest absolute Gasteiger partial charge is 0.479 e. The predicted molar refractivity (Wildman–Crippen MR) is 58.5 cm³/mol. The summed E-state index contributed by atoms with van der Waals surface area (Å²) in [6.45, 7) is 4.31. The predicted octanol–water partition coefficient (Wildman–Crippen LogP) is 1.67. The minimum absolute atomic E-state index is 0.0831. The number of likely N-dealkylation sites (tertiary alicyclic amines) is 1. The van der Waals surface area contributed by atoms with Gasteiger partial charge in [-0.25, -0.2) is 14.0 Å². The van der Waals surface area contributed by atoms with Crippen LogP contribution in [0.5, 0.6) is 0 Å². The molecule has 1 rings (SSSR count). The van der Waals surface area contributed by atoms with Gasteiger partial charge in [0.05, 0.1) is 6.61 Å². The molecule has 6 heteroatoms. The molecule has 1 fully saturated rings. The van der Waals surface area contributed by atoms with Crippen molar-refractivity contribution in [2.24, 2.45) is 5.92 Å². The van der Waals surface area contributed by atoms with E-state index >= 15 is 0 Å². The lowest BCUT2D eigenvalue weighted by Gasteiger charge is -2.33. The molecule has 0 atom stereocenters. The number of amides is 1. The molecule has 1 N–H and O–H groups in total. The zero-order valence-electron chi connectivity index (χ0n) is 10.1. The highest BCUT2D eigenvalue weighted by Crippen LogP contribution is 2.27. The summed E-state index contributed by atoms with van der Waals surface area (Å²) in [6.07, 6.45) is -0.857. The molecular weight excluding hydrogens is 229 g/mol. The van der Waals surface area contributed by atoms with Crippen LogP contribution < -0.4 is 0 Å². The monoisotopic (exact) mass is 247 g/mol. The Bertz CT molecular complexity index is 298. The highest BCUT2D eigenvalue weighted by atomic mass is 19.1. The molecule has 5 nitrogen and oxygen atoms in total. The van der Waals surface area contributed by atoms with E-state index in [0.29, 0.717) is 6.61 Å². The van der Waals surface area contributed by atoms with Gasteiger partial charge in [0, 0.05) is 25.9 Å². The van der Waals surface area contributed by atoms with Crippen LogP contribution >= 0.6 is 0 Å². The van der Waals surface area contributed by atoms with E-state index in [-0.39, 0.29) is 31.8 Å². The van der Waals surface area contributed by atoms with Crippen molar-refractivity contribution in [3.05, 3.63) is 0 Å². The molecule has 0 saturated carbocycles. The van der Waals surface area contributed by atoms with E-state index in [1.807, 2.05) is 13.8 Å². The van der Waals surface area contributed by atoms with Gasteiger partial charge in [0.25, 0.3) is 0 Å². The molecule has 0 aromatic rings.